The number of benzene rings is 2. The van der Waals surface area contributed by atoms with E-state index in [9.17, 15) is 9.59 Å². The third-order valence-electron chi connectivity index (χ3n) is 7.04. The van der Waals surface area contributed by atoms with Crippen molar-refractivity contribution < 1.29 is 14.3 Å². The summed E-state index contributed by atoms with van der Waals surface area (Å²) in [5.41, 5.74) is 9.42. The quantitative estimate of drug-likeness (QED) is 0.539. The Balaban J connectivity index is 1.72. The molecule has 0 fully saturated rings. The minimum atomic E-state index is -0.515. The van der Waals surface area contributed by atoms with E-state index in [1.54, 1.807) is 0 Å². The lowest BCUT2D eigenvalue weighted by molar-refractivity contribution is -0.136. The van der Waals surface area contributed by atoms with Gasteiger partial charge in [0.05, 0.1) is 24.3 Å². The van der Waals surface area contributed by atoms with E-state index in [0.29, 0.717) is 22.4 Å². The molecule has 5 nitrogen and oxygen atoms in total. The van der Waals surface area contributed by atoms with E-state index in [4.69, 9.17) is 4.74 Å². The number of aromatic nitrogens is 1. The first kappa shape index (κ1) is 22.0. The van der Waals surface area contributed by atoms with Gasteiger partial charge in [-0.2, -0.15) is 0 Å². The van der Waals surface area contributed by atoms with E-state index in [2.05, 4.69) is 61.0 Å². The van der Waals surface area contributed by atoms with Crippen LogP contribution in [0.1, 0.15) is 58.2 Å². The molecular formula is C29H28N2O3. The van der Waals surface area contributed by atoms with Crippen molar-refractivity contribution in [2.24, 2.45) is 0 Å². The lowest BCUT2D eigenvalue weighted by Gasteiger charge is -2.29. The number of methoxy groups -OCH3 is 1. The minimum absolute atomic E-state index is 0.0471. The zero-order chi connectivity index (χ0) is 24.1. The van der Waals surface area contributed by atoms with Crippen molar-refractivity contribution >= 4 is 17.4 Å². The summed E-state index contributed by atoms with van der Waals surface area (Å²) in [5, 5.41) is 3.35. The number of hydrogen-bond donors (Lipinski definition) is 1. The summed E-state index contributed by atoms with van der Waals surface area (Å²) >= 11 is 0. The molecule has 0 spiro atoms. The average Bonchev–Trinajstić information content (AvgIpc) is 3.30. The second kappa shape index (κ2) is 8.17. The van der Waals surface area contributed by atoms with Crippen molar-refractivity contribution in [3.63, 3.8) is 0 Å². The monoisotopic (exact) mass is 452 g/mol. The maximum absolute atomic E-state index is 13.6. The molecule has 0 bridgehead atoms. The van der Waals surface area contributed by atoms with Crippen LogP contribution < -0.4 is 5.32 Å². The molecule has 0 unspecified atom stereocenters. The normalized spacial score (nSPS) is 17.0. The SMILES string of the molecule is CCc1ccc(-n2c(C)cc([C@@H]3C(C(=O)OC)=C(C)NC4=C3C(=O)c3ccccc34)c2C)cc1. The van der Waals surface area contributed by atoms with Crippen LogP contribution in [0.2, 0.25) is 0 Å². The number of ether oxygens (including phenoxy) is 1. The third kappa shape index (κ3) is 3.15. The summed E-state index contributed by atoms with van der Waals surface area (Å²) in [6.07, 6.45) is 0.983. The van der Waals surface area contributed by atoms with Crippen LogP contribution in [0.3, 0.4) is 0 Å². The number of nitrogens with one attached hydrogen (secondary N) is 1. The number of hydrogen-bond acceptors (Lipinski definition) is 4. The van der Waals surface area contributed by atoms with Crippen molar-refractivity contribution in [2.75, 3.05) is 7.11 Å². The Morgan fingerprint density at radius 2 is 1.71 bits per heavy atom. The molecule has 1 aliphatic heterocycles. The molecule has 1 aliphatic carbocycles. The van der Waals surface area contributed by atoms with Crippen LogP contribution in [-0.4, -0.2) is 23.4 Å². The predicted molar refractivity (Wildman–Crippen MR) is 133 cm³/mol. The van der Waals surface area contributed by atoms with Crippen molar-refractivity contribution in [1.82, 2.24) is 9.88 Å². The zero-order valence-corrected chi connectivity index (χ0v) is 20.2. The first-order chi connectivity index (χ1) is 16.4. The van der Waals surface area contributed by atoms with Crippen LogP contribution in [0, 0.1) is 13.8 Å². The largest absolute Gasteiger partial charge is 0.466 e. The highest BCUT2D eigenvalue weighted by atomic mass is 16.5. The summed E-state index contributed by atoms with van der Waals surface area (Å²) < 4.78 is 7.37. The summed E-state index contributed by atoms with van der Waals surface area (Å²) in [4.78, 5) is 26.7. The molecule has 3 aromatic rings. The molecule has 1 aromatic heterocycles. The van der Waals surface area contributed by atoms with Crippen LogP contribution in [0.4, 0.5) is 0 Å². The maximum atomic E-state index is 13.6. The highest BCUT2D eigenvalue weighted by Crippen LogP contribution is 2.48. The fourth-order valence-corrected chi connectivity index (χ4v) is 5.38. The van der Waals surface area contributed by atoms with Crippen LogP contribution in [0.25, 0.3) is 11.4 Å². The number of Topliss-reactive ketones (excluding diaryl/α,β-unsaturated/α-hetero) is 1. The van der Waals surface area contributed by atoms with Gasteiger partial charge in [-0.15, -0.1) is 0 Å². The van der Waals surface area contributed by atoms with Crippen molar-refractivity contribution in [3.05, 3.63) is 105 Å². The number of dihydropyridines is 1. The Hall–Kier alpha value is -3.86. The van der Waals surface area contributed by atoms with Crippen molar-refractivity contribution in [2.45, 2.75) is 40.0 Å². The number of aryl methyl sites for hydroxylation is 2. The molecule has 34 heavy (non-hydrogen) atoms. The van der Waals surface area contributed by atoms with E-state index in [0.717, 1.165) is 40.3 Å². The lowest BCUT2D eigenvalue weighted by atomic mass is 9.79. The van der Waals surface area contributed by atoms with E-state index >= 15 is 0 Å². The van der Waals surface area contributed by atoms with Gasteiger partial charge in [0, 0.05) is 39.5 Å². The summed E-state index contributed by atoms with van der Waals surface area (Å²) in [6.45, 7) is 8.12. The third-order valence-corrected chi connectivity index (χ3v) is 7.04. The lowest BCUT2D eigenvalue weighted by Crippen LogP contribution is -2.29. The zero-order valence-electron chi connectivity index (χ0n) is 20.2. The number of allylic oxidation sites excluding steroid dienone is 2. The Morgan fingerprint density at radius 3 is 2.35 bits per heavy atom. The van der Waals surface area contributed by atoms with E-state index < -0.39 is 11.9 Å². The van der Waals surface area contributed by atoms with Gasteiger partial charge in [0.1, 0.15) is 0 Å². The highest BCUT2D eigenvalue weighted by Gasteiger charge is 2.43. The molecule has 1 N–H and O–H groups in total. The van der Waals surface area contributed by atoms with Gasteiger partial charge in [-0.25, -0.2) is 4.79 Å². The predicted octanol–water partition coefficient (Wildman–Crippen LogP) is 5.40. The molecule has 2 heterocycles. The van der Waals surface area contributed by atoms with Crippen molar-refractivity contribution in [1.29, 1.82) is 0 Å². The summed E-state index contributed by atoms with van der Waals surface area (Å²) in [5.74, 6) is -0.991. The number of carbonyl (C=O) groups excluding carboxylic acids is 2. The first-order valence-corrected chi connectivity index (χ1v) is 11.6. The minimum Gasteiger partial charge on any atom is -0.466 e. The Labute approximate surface area is 199 Å². The van der Waals surface area contributed by atoms with E-state index in [1.807, 2.05) is 31.2 Å². The molecule has 0 saturated carbocycles. The molecule has 1 atom stereocenters. The fourth-order valence-electron chi connectivity index (χ4n) is 5.38. The Bertz CT molecular complexity index is 1400. The van der Waals surface area contributed by atoms with Gasteiger partial charge >= 0.3 is 5.97 Å². The number of ketones is 1. The second-order valence-corrected chi connectivity index (χ2v) is 8.93. The van der Waals surface area contributed by atoms with Gasteiger partial charge < -0.3 is 14.6 Å². The summed E-state index contributed by atoms with van der Waals surface area (Å²) in [6, 6.07) is 18.2. The van der Waals surface area contributed by atoms with E-state index in [1.165, 1.54) is 12.7 Å². The number of fused-ring (bicyclic) bond motifs is 2. The molecule has 0 amide bonds. The highest BCUT2D eigenvalue weighted by molar-refractivity contribution is 6.23. The van der Waals surface area contributed by atoms with Gasteiger partial charge in [0.2, 0.25) is 0 Å². The maximum Gasteiger partial charge on any atom is 0.336 e. The molecule has 172 valence electrons. The number of carbonyl (C=O) groups is 2. The van der Waals surface area contributed by atoms with Gasteiger partial charge in [0.25, 0.3) is 0 Å². The molecule has 0 radical (unpaired) electrons. The van der Waals surface area contributed by atoms with Crippen LogP contribution >= 0.6 is 0 Å². The van der Waals surface area contributed by atoms with Gasteiger partial charge in [-0.05, 0) is 56.5 Å². The number of esters is 1. The number of rotatable bonds is 4. The van der Waals surface area contributed by atoms with E-state index in [-0.39, 0.29) is 5.78 Å². The molecule has 2 aromatic carbocycles. The standard InChI is InChI=1S/C29H28N2O3/c1-6-19-11-13-20(14-12-19)31-16(2)15-23(18(31)4)25-24(29(33)34-5)17(3)30-27-21-9-7-8-10-22(21)28(32)26(25)27/h7-15,25,30H,6H2,1-5H3/t25-/m1/s1. The molecular weight excluding hydrogens is 424 g/mol. The van der Waals surface area contributed by atoms with Crippen LogP contribution in [0.5, 0.6) is 0 Å². The molecule has 0 saturated heterocycles. The van der Waals surface area contributed by atoms with Gasteiger partial charge in [-0.3, -0.25) is 4.79 Å². The Kier molecular flexibility index (Phi) is 5.28. The van der Waals surface area contributed by atoms with Crippen molar-refractivity contribution in [3.8, 4) is 5.69 Å². The van der Waals surface area contributed by atoms with Gasteiger partial charge in [-0.1, -0.05) is 43.3 Å². The average molecular weight is 453 g/mol. The fraction of sp³-hybridized carbons (Fsp3) is 0.241. The molecule has 5 heteroatoms. The summed E-state index contributed by atoms with van der Waals surface area (Å²) in [7, 11) is 1.38. The smallest absolute Gasteiger partial charge is 0.336 e. The topological polar surface area (TPSA) is 60.3 Å². The van der Waals surface area contributed by atoms with Gasteiger partial charge in [0.15, 0.2) is 5.78 Å². The molecule has 2 aliphatic rings. The van der Waals surface area contributed by atoms with Crippen LogP contribution in [0.15, 0.2) is 71.4 Å². The second-order valence-electron chi connectivity index (χ2n) is 8.93. The Morgan fingerprint density at radius 1 is 1.03 bits per heavy atom. The number of nitrogens with zero attached hydrogens (tertiary/aromatic N) is 1. The molecule has 5 rings (SSSR count). The first-order valence-electron chi connectivity index (χ1n) is 11.6. The van der Waals surface area contributed by atoms with Crippen LogP contribution in [-0.2, 0) is 16.0 Å².